The zero-order chi connectivity index (χ0) is 21.8. The second kappa shape index (κ2) is 9.67. The Labute approximate surface area is 194 Å². The van der Waals surface area contributed by atoms with Crippen molar-refractivity contribution in [1.29, 1.82) is 0 Å². The van der Waals surface area contributed by atoms with Crippen molar-refractivity contribution in [2.24, 2.45) is 0 Å². The molecular formula is C22H24BrN3O3S2. The number of thiazole rings is 1. The van der Waals surface area contributed by atoms with Crippen molar-refractivity contribution in [3.8, 4) is 0 Å². The molecule has 0 bridgehead atoms. The van der Waals surface area contributed by atoms with Crippen LogP contribution >= 0.6 is 27.3 Å². The summed E-state index contributed by atoms with van der Waals surface area (Å²) in [5.41, 5.74) is 1.77. The first-order valence-electron chi connectivity index (χ1n) is 10.2. The number of piperazine rings is 1. The van der Waals surface area contributed by atoms with Crippen molar-refractivity contribution in [3.05, 3.63) is 58.6 Å². The lowest BCUT2D eigenvalue weighted by Gasteiger charge is -2.34. The molecule has 1 aromatic heterocycles. The summed E-state index contributed by atoms with van der Waals surface area (Å²) in [7, 11) is -3.21. The highest BCUT2D eigenvalue weighted by atomic mass is 79.9. The number of sulfone groups is 1. The van der Waals surface area contributed by atoms with E-state index in [0.717, 1.165) is 38.5 Å². The minimum Gasteiger partial charge on any atom is -0.345 e. The van der Waals surface area contributed by atoms with Gasteiger partial charge < -0.3 is 9.80 Å². The largest absolute Gasteiger partial charge is 0.345 e. The molecule has 0 N–H and O–H groups in total. The van der Waals surface area contributed by atoms with Gasteiger partial charge in [0, 0.05) is 37.1 Å². The first-order valence-corrected chi connectivity index (χ1v) is 13.7. The van der Waals surface area contributed by atoms with Crippen LogP contribution in [0.2, 0.25) is 0 Å². The number of nitrogens with zero attached hydrogens (tertiary/aromatic N) is 3. The molecule has 1 aliphatic rings. The van der Waals surface area contributed by atoms with Gasteiger partial charge in [-0.2, -0.15) is 0 Å². The van der Waals surface area contributed by atoms with Crippen LogP contribution in [0.3, 0.4) is 0 Å². The number of carbonyl (C=O) groups excluding carboxylic acids is 1. The Morgan fingerprint density at radius 1 is 1.06 bits per heavy atom. The number of anilines is 1. The number of halogens is 1. The van der Waals surface area contributed by atoms with Crippen molar-refractivity contribution in [1.82, 2.24) is 9.88 Å². The molecule has 0 unspecified atom stereocenters. The Morgan fingerprint density at radius 3 is 2.55 bits per heavy atom. The van der Waals surface area contributed by atoms with Crippen molar-refractivity contribution in [3.63, 3.8) is 0 Å². The van der Waals surface area contributed by atoms with Gasteiger partial charge in [-0.3, -0.25) is 4.79 Å². The summed E-state index contributed by atoms with van der Waals surface area (Å²) in [6, 6.07) is 15.2. The second-order valence-corrected chi connectivity index (χ2v) is 11.8. The van der Waals surface area contributed by atoms with E-state index in [-0.39, 0.29) is 23.8 Å². The lowest BCUT2D eigenvalue weighted by molar-refractivity contribution is -0.131. The van der Waals surface area contributed by atoms with Gasteiger partial charge in [0.2, 0.25) is 5.91 Å². The SMILES string of the molecule is O=C(CCCS(=O)(=O)Cc1ccccc1)N1CCN(c2nc3ccc(Br)cc3s2)CC1. The maximum atomic E-state index is 12.6. The lowest BCUT2D eigenvalue weighted by Crippen LogP contribution is -2.48. The van der Waals surface area contributed by atoms with Crippen LogP contribution in [-0.2, 0) is 20.4 Å². The summed E-state index contributed by atoms with van der Waals surface area (Å²) < 4.78 is 26.8. The highest BCUT2D eigenvalue weighted by molar-refractivity contribution is 9.10. The van der Waals surface area contributed by atoms with Crippen LogP contribution in [0.5, 0.6) is 0 Å². The molecule has 0 aliphatic carbocycles. The molecule has 0 atom stereocenters. The molecule has 1 fully saturated rings. The number of aromatic nitrogens is 1. The summed E-state index contributed by atoms with van der Waals surface area (Å²) in [6.45, 7) is 2.74. The van der Waals surface area contributed by atoms with Crippen LogP contribution < -0.4 is 4.90 Å². The van der Waals surface area contributed by atoms with E-state index in [1.807, 2.05) is 47.4 Å². The van der Waals surface area contributed by atoms with Crippen LogP contribution in [0.15, 0.2) is 53.0 Å². The number of hydrogen-bond donors (Lipinski definition) is 0. The van der Waals surface area contributed by atoms with Crippen LogP contribution in [0.1, 0.15) is 18.4 Å². The van der Waals surface area contributed by atoms with Crippen molar-refractivity contribution in [2.45, 2.75) is 18.6 Å². The van der Waals surface area contributed by atoms with Gasteiger partial charge in [-0.05, 0) is 30.2 Å². The van der Waals surface area contributed by atoms with E-state index in [4.69, 9.17) is 4.98 Å². The standard InChI is InChI=1S/C22H24BrN3O3S2/c23-18-8-9-19-20(15-18)30-22(24-19)26-12-10-25(11-13-26)21(27)7-4-14-31(28,29)16-17-5-2-1-3-6-17/h1-3,5-6,8-9,15H,4,7,10-14,16H2. The Hall–Kier alpha value is -1.97. The fourth-order valence-electron chi connectivity index (χ4n) is 3.67. The molecule has 164 valence electrons. The molecule has 9 heteroatoms. The third-order valence-corrected chi connectivity index (χ3v) is 8.57. The van der Waals surface area contributed by atoms with E-state index >= 15 is 0 Å². The van der Waals surface area contributed by atoms with Crippen LogP contribution in [-0.4, -0.2) is 56.1 Å². The lowest BCUT2D eigenvalue weighted by atomic mass is 10.2. The minimum atomic E-state index is -3.21. The molecule has 1 amide bonds. The number of amides is 1. The van der Waals surface area contributed by atoms with Gasteiger partial charge in [0.1, 0.15) is 0 Å². The Morgan fingerprint density at radius 2 is 1.81 bits per heavy atom. The highest BCUT2D eigenvalue weighted by Crippen LogP contribution is 2.31. The molecule has 6 nitrogen and oxygen atoms in total. The maximum absolute atomic E-state index is 12.6. The summed E-state index contributed by atoms with van der Waals surface area (Å²) >= 11 is 5.15. The van der Waals surface area contributed by atoms with Crippen LogP contribution in [0, 0.1) is 0 Å². The number of benzene rings is 2. The predicted octanol–water partition coefficient (Wildman–Crippen LogP) is 4.10. The Kier molecular flexibility index (Phi) is 6.93. The Bertz CT molecular complexity index is 1160. The third-order valence-electron chi connectivity index (χ3n) is 5.32. The smallest absolute Gasteiger partial charge is 0.222 e. The van der Waals surface area contributed by atoms with Crippen molar-refractivity contribution >= 4 is 58.4 Å². The van der Waals surface area contributed by atoms with Gasteiger partial charge in [0.15, 0.2) is 15.0 Å². The van der Waals surface area contributed by atoms with Crippen molar-refractivity contribution < 1.29 is 13.2 Å². The molecule has 1 aliphatic heterocycles. The maximum Gasteiger partial charge on any atom is 0.222 e. The van der Waals surface area contributed by atoms with Gasteiger partial charge in [-0.15, -0.1) is 0 Å². The van der Waals surface area contributed by atoms with Gasteiger partial charge >= 0.3 is 0 Å². The Balaban J connectivity index is 1.24. The molecular weight excluding hydrogens is 498 g/mol. The van der Waals surface area contributed by atoms with Crippen LogP contribution in [0.25, 0.3) is 10.2 Å². The predicted molar refractivity (Wildman–Crippen MR) is 129 cm³/mol. The van der Waals surface area contributed by atoms with Gasteiger partial charge in [-0.25, -0.2) is 13.4 Å². The number of fused-ring (bicyclic) bond motifs is 1. The van der Waals surface area contributed by atoms with Crippen molar-refractivity contribution in [2.75, 3.05) is 36.8 Å². The summed E-state index contributed by atoms with van der Waals surface area (Å²) in [4.78, 5) is 21.3. The van der Waals surface area contributed by atoms with E-state index < -0.39 is 9.84 Å². The number of rotatable bonds is 7. The quantitative estimate of drug-likeness (QED) is 0.468. The van der Waals surface area contributed by atoms with E-state index in [1.54, 1.807) is 11.3 Å². The van der Waals surface area contributed by atoms with E-state index in [0.29, 0.717) is 19.5 Å². The summed E-state index contributed by atoms with van der Waals surface area (Å²) in [6.07, 6.45) is 0.629. The first-order chi connectivity index (χ1) is 14.9. The fourth-order valence-corrected chi connectivity index (χ4v) is 6.67. The fraction of sp³-hybridized carbons (Fsp3) is 0.364. The average Bonchev–Trinajstić information content (AvgIpc) is 3.17. The van der Waals surface area contributed by atoms with Crippen LogP contribution in [0.4, 0.5) is 5.13 Å². The molecule has 0 saturated carbocycles. The zero-order valence-corrected chi connectivity index (χ0v) is 20.3. The molecule has 31 heavy (non-hydrogen) atoms. The summed E-state index contributed by atoms with van der Waals surface area (Å²) in [5.74, 6) is 0.0942. The monoisotopic (exact) mass is 521 g/mol. The second-order valence-electron chi connectivity index (χ2n) is 7.66. The topological polar surface area (TPSA) is 70.6 Å². The van der Waals surface area contributed by atoms with Gasteiger partial charge in [0.05, 0.1) is 21.7 Å². The molecule has 0 spiro atoms. The zero-order valence-electron chi connectivity index (χ0n) is 17.0. The van der Waals surface area contributed by atoms with E-state index in [9.17, 15) is 13.2 Å². The van der Waals surface area contributed by atoms with E-state index in [1.165, 1.54) is 0 Å². The molecule has 1 saturated heterocycles. The first kappa shape index (κ1) is 22.2. The average molecular weight is 522 g/mol. The number of hydrogen-bond acceptors (Lipinski definition) is 6. The molecule has 0 radical (unpaired) electrons. The minimum absolute atomic E-state index is 0.0272. The summed E-state index contributed by atoms with van der Waals surface area (Å²) in [5, 5.41) is 0.979. The third kappa shape index (κ3) is 5.84. The molecule has 2 aromatic carbocycles. The van der Waals surface area contributed by atoms with Gasteiger partial charge in [-0.1, -0.05) is 57.6 Å². The number of carbonyl (C=O) groups is 1. The molecule has 3 aromatic rings. The normalized spacial score (nSPS) is 14.9. The molecule has 4 rings (SSSR count). The molecule has 2 heterocycles. The van der Waals surface area contributed by atoms with Gasteiger partial charge in [0.25, 0.3) is 0 Å². The van der Waals surface area contributed by atoms with E-state index in [2.05, 4.69) is 26.9 Å². The highest BCUT2D eigenvalue weighted by Gasteiger charge is 2.23.